The number of nitrogens with one attached hydrogen (secondary N) is 2. The van der Waals surface area contributed by atoms with Crippen LogP contribution in [0.1, 0.15) is 12.8 Å². The molecule has 0 bridgehead atoms. The lowest BCUT2D eigenvalue weighted by molar-refractivity contribution is -0.118. The van der Waals surface area contributed by atoms with E-state index in [1.807, 2.05) is 7.05 Å². The molecule has 1 aromatic rings. The lowest BCUT2D eigenvalue weighted by atomic mass is 9.98. The van der Waals surface area contributed by atoms with Gasteiger partial charge in [0.2, 0.25) is 10.0 Å². The van der Waals surface area contributed by atoms with Crippen molar-refractivity contribution in [3.63, 3.8) is 0 Å². The fraction of sp³-hybridized carbons (Fsp3) is 0.562. The standard InChI is InChI=1S/C16H23N3O5S.ClH/c1-17-9-11-3-5-19(6-4-11)25(21,22)15-8-13-12(7-14(15)23-2)18-16(20)10-24-13;/h7-8,11,17H,3-6,9-10H2,1-2H3,(H,18,20);1H. The molecule has 2 N–H and O–H groups in total. The number of fused-ring (bicyclic) bond motifs is 1. The number of rotatable bonds is 5. The van der Waals surface area contributed by atoms with Gasteiger partial charge in [0.15, 0.2) is 6.61 Å². The minimum atomic E-state index is -3.69. The van der Waals surface area contributed by atoms with Gasteiger partial charge < -0.3 is 20.1 Å². The number of carbonyl (C=O) groups excluding carboxylic acids is 1. The Kier molecular flexibility index (Phi) is 6.73. The first kappa shape index (κ1) is 20.8. The molecule has 2 heterocycles. The molecule has 0 unspecified atom stereocenters. The van der Waals surface area contributed by atoms with Crippen LogP contribution >= 0.6 is 12.4 Å². The molecule has 1 amide bonds. The third-order valence-corrected chi connectivity index (χ3v) is 6.50. The lowest BCUT2D eigenvalue weighted by Crippen LogP contribution is -2.40. The largest absolute Gasteiger partial charge is 0.495 e. The Morgan fingerprint density at radius 1 is 1.35 bits per heavy atom. The van der Waals surface area contributed by atoms with Gasteiger partial charge in [-0.05, 0) is 32.4 Å². The van der Waals surface area contributed by atoms with Crippen LogP contribution in [-0.2, 0) is 14.8 Å². The van der Waals surface area contributed by atoms with E-state index in [0.29, 0.717) is 30.4 Å². The number of nitrogens with zero attached hydrogens (tertiary/aromatic N) is 1. The zero-order valence-corrected chi connectivity index (χ0v) is 16.4. The maximum absolute atomic E-state index is 13.1. The minimum Gasteiger partial charge on any atom is -0.495 e. The van der Waals surface area contributed by atoms with Crippen molar-refractivity contribution < 1.29 is 22.7 Å². The molecule has 26 heavy (non-hydrogen) atoms. The monoisotopic (exact) mass is 405 g/mol. The molecule has 0 aromatic heterocycles. The van der Waals surface area contributed by atoms with Crippen LogP contribution in [0.4, 0.5) is 5.69 Å². The van der Waals surface area contributed by atoms with E-state index in [0.717, 1.165) is 19.4 Å². The molecule has 10 heteroatoms. The number of halogens is 1. The van der Waals surface area contributed by atoms with E-state index in [4.69, 9.17) is 9.47 Å². The van der Waals surface area contributed by atoms with Gasteiger partial charge >= 0.3 is 0 Å². The Hall–Kier alpha value is -1.55. The molecule has 0 radical (unpaired) electrons. The Morgan fingerprint density at radius 2 is 2.04 bits per heavy atom. The molecular weight excluding hydrogens is 382 g/mol. The summed E-state index contributed by atoms with van der Waals surface area (Å²) in [6, 6.07) is 2.93. The number of sulfonamides is 1. The highest BCUT2D eigenvalue weighted by atomic mass is 35.5. The number of carbonyl (C=O) groups is 1. The molecule has 0 saturated carbocycles. The van der Waals surface area contributed by atoms with Gasteiger partial charge in [0.1, 0.15) is 16.4 Å². The summed E-state index contributed by atoms with van der Waals surface area (Å²) in [5.41, 5.74) is 0.416. The van der Waals surface area contributed by atoms with Gasteiger partial charge in [-0.3, -0.25) is 4.79 Å². The number of amides is 1. The summed E-state index contributed by atoms with van der Waals surface area (Å²) in [5.74, 6) is 0.739. The molecular formula is C16H24ClN3O5S. The third kappa shape index (κ3) is 4.06. The van der Waals surface area contributed by atoms with Crippen molar-refractivity contribution in [2.45, 2.75) is 17.7 Å². The van der Waals surface area contributed by atoms with Crippen molar-refractivity contribution in [1.82, 2.24) is 9.62 Å². The first-order valence-corrected chi connectivity index (χ1v) is 9.69. The van der Waals surface area contributed by atoms with E-state index < -0.39 is 10.0 Å². The van der Waals surface area contributed by atoms with Crippen LogP contribution in [0.25, 0.3) is 0 Å². The van der Waals surface area contributed by atoms with Crippen LogP contribution < -0.4 is 20.1 Å². The van der Waals surface area contributed by atoms with Gasteiger partial charge in [0.05, 0.1) is 12.8 Å². The first-order valence-electron chi connectivity index (χ1n) is 8.25. The molecule has 0 spiro atoms. The van der Waals surface area contributed by atoms with E-state index in [1.54, 1.807) is 0 Å². The van der Waals surface area contributed by atoms with Crippen LogP contribution in [0.3, 0.4) is 0 Å². The highest BCUT2D eigenvalue weighted by Crippen LogP contribution is 2.39. The first-order chi connectivity index (χ1) is 12.0. The van der Waals surface area contributed by atoms with Crippen molar-refractivity contribution >= 4 is 34.0 Å². The summed E-state index contributed by atoms with van der Waals surface area (Å²) in [7, 11) is -0.384. The Balaban J connectivity index is 0.00000243. The predicted octanol–water partition coefficient (Wildman–Crippen LogP) is 1.07. The molecule has 0 aliphatic carbocycles. The van der Waals surface area contributed by atoms with Crippen molar-refractivity contribution in [2.75, 3.05) is 45.7 Å². The molecule has 3 rings (SSSR count). The van der Waals surface area contributed by atoms with E-state index in [2.05, 4.69) is 10.6 Å². The van der Waals surface area contributed by atoms with Gasteiger partial charge in [-0.2, -0.15) is 4.31 Å². The van der Waals surface area contributed by atoms with E-state index in [1.165, 1.54) is 23.5 Å². The van der Waals surface area contributed by atoms with Crippen molar-refractivity contribution in [3.05, 3.63) is 12.1 Å². The van der Waals surface area contributed by atoms with Gasteiger partial charge in [0, 0.05) is 25.2 Å². The predicted molar refractivity (Wildman–Crippen MR) is 99.8 cm³/mol. The second-order valence-electron chi connectivity index (χ2n) is 6.24. The van der Waals surface area contributed by atoms with Crippen LogP contribution in [0.5, 0.6) is 11.5 Å². The van der Waals surface area contributed by atoms with Gasteiger partial charge in [-0.15, -0.1) is 12.4 Å². The number of hydrogen-bond acceptors (Lipinski definition) is 6. The molecule has 1 aromatic carbocycles. The highest BCUT2D eigenvalue weighted by Gasteiger charge is 2.33. The number of methoxy groups -OCH3 is 1. The second kappa shape index (κ2) is 8.43. The Labute approximate surface area is 159 Å². The van der Waals surface area contributed by atoms with Crippen molar-refractivity contribution in [2.24, 2.45) is 5.92 Å². The van der Waals surface area contributed by atoms with Crippen LogP contribution in [0, 0.1) is 5.92 Å². The highest BCUT2D eigenvalue weighted by molar-refractivity contribution is 7.89. The summed E-state index contributed by atoms with van der Waals surface area (Å²) in [6.45, 7) is 1.72. The van der Waals surface area contributed by atoms with Gasteiger partial charge in [-0.25, -0.2) is 8.42 Å². The van der Waals surface area contributed by atoms with Crippen LogP contribution in [0.2, 0.25) is 0 Å². The number of hydrogen-bond donors (Lipinski definition) is 2. The lowest BCUT2D eigenvalue weighted by Gasteiger charge is -2.31. The summed E-state index contributed by atoms with van der Waals surface area (Å²) in [6.07, 6.45) is 1.64. The molecule has 146 valence electrons. The topological polar surface area (TPSA) is 97.0 Å². The minimum absolute atomic E-state index is 0. The summed E-state index contributed by atoms with van der Waals surface area (Å²) >= 11 is 0. The van der Waals surface area contributed by atoms with E-state index in [9.17, 15) is 13.2 Å². The number of anilines is 1. The normalized spacial score (nSPS) is 18.3. The average Bonchev–Trinajstić information content (AvgIpc) is 2.61. The summed E-state index contributed by atoms with van der Waals surface area (Å²) in [4.78, 5) is 11.5. The number of benzene rings is 1. The zero-order chi connectivity index (χ0) is 18.0. The fourth-order valence-corrected chi connectivity index (χ4v) is 4.85. The maximum Gasteiger partial charge on any atom is 0.262 e. The molecule has 1 fully saturated rings. The number of ether oxygens (including phenoxy) is 2. The van der Waals surface area contributed by atoms with E-state index in [-0.39, 0.29) is 35.6 Å². The SMILES string of the molecule is CNCC1CCN(S(=O)(=O)c2cc3c(cc2OC)NC(=O)CO3)CC1.Cl. The molecule has 8 nitrogen and oxygen atoms in total. The Morgan fingerprint density at radius 3 is 2.65 bits per heavy atom. The molecule has 1 saturated heterocycles. The van der Waals surface area contributed by atoms with E-state index >= 15 is 0 Å². The second-order valence-corrected chi connectivity index (χ2v) is 8.15. The van der Waals surface area contributed by atoms with Gasteiger partial charge in [-0.1, -0.05) is 0 Å². The average molecular weight is 406 g/mol. The Bertz CT molecular complexity index is 763. The molecule has 0 atom stereocenters. The van der Waals surface area contributed by atoms with Gasteiger partial charge in [0.25, 0.3) is 5.91 Å². The summed E-state index contributed by atoms with van der Waals surface area (Å²) < 4.78 is 38.2. The smallest absolute Gasteiger partial charge is 0.262 e. The van der Waals surface area contributed by atoms with Crippen molar-refractivity contribution in [1.29, 1.82) is 0 Å². The van der Waals surface area contributed by atoms with Crippen LogP contribution in [-0.4, -0.2) is 59.0 Å². The maximum atomic E-state index is 13.1. The number of piperidine rings is 1. The molecule has 2 aliphatic heterocycles. The van der Waals surface area contributed by atoms with Crippen molar-refractivity contribution in [3.8, 4) is 11.5 Å². The summed E-state index contributed by atoms with van der Waals surface area (Å²) in [5, 5.41) is 5.79. The molecule has 2 aliphatic rings. The fourth-order valence-electron chi connectivity index (χ4n) is 3.23. The quantitative estimate of drug-likeness (QED) is 0.760. The van der Waals surface area contributed by atoms with Crippen LogP contribution in [0.15, 0.2) is 17.0 Å². The zero-order valence-electron chi connectivity index (χ0n) is 14.8. The third-order valence-electron chi connectivity index (χ3n) is 4.58.